The summed E-state index contributed by atoms with van der Waals surface area (Å²) in [7, 11) is -3.72. The van der Waals surface area contributed by atoms with E-state index in [9.17, 15) is 13.2 Å². The number of sulfonamides is 1. The monoisotopic (exact) mass is 389 g/mol. The number of primary amides is 1. The molecule has 8 heteroatoms. The van der Waals surface area contributed by atoms with Crippen molar-refractivity contribution >= 4 is 31.9 Å². The highest BCUT2D eigenvalue weighted by Crippen LogP contribution is 2.28. The Bertz CT molecular complexity index is 676. The molecule has 1 aromatic carbocycles. The average Bonchev–Trinajstić information content (AvgIpc) is 2.46. The van der Waals surface area contributed by atoms with Gasteiger partial charge >= 0.3 is 0 Å². The lowest BCUT2D eigenvalue weighted by Gasteiger charge is -2.37. The molecule has 2 atom stereocenters. The van der Waals surface area contributed by atoms with E-state index >= 15 is 0 Å². The predicted molar refractivity (Wildman–Crippen MR) is 87.8 cm³/mol. The van der Waals surface area contributed by atoms with Crippen LogP contribution in [0.25, 0.3) is 0 Å². The van der Waals surface area contributed by atoms with Crippen LogP contribution in [0.5, 0.6) is 0 Å². The molecule has 1 saturated heterocycles. The molecule has 22 heavy (non-hydrogen) atoms. The van der Waals surface area contributed by atoms with Crippen molar-refractivity contribution in [3.05, 3.63) is 28.2 Å². The van der Waals surface area contributed by atoms with Crippen LogP contribution in [0.3, 0.4) is 0 Å². The van der Waals surface area contributed by atoms with Crippen molar-refractivity contribution in [3.63, 3.8) is 0 Å². The van der Waals surface area contributed by atoms with E-state index in [0.29, 0.717) is 11.0 Å². The summed E-state index contributed by atoms with van der Waals surface area (Å²) in [5.74, 6) is -0.667. The molecular formula is C14H20BrN3O3S. The summed E-state index contributed by atoms with van der Waals surface area (Å²) in [5.41, 5.74) is 11.4. The second kappa shape index (κ2) is 6.66. The summed E-state index contributed by atoms with van der Waals surface area (Å²) in [6.07, 6.45) is 2.51. The summed E-state index contributed by atoms with van der Waals surface area (Å²) in [6.45, 7) is 2.25. The van der Waals surface area contributed by atoms with Crippen molar-refractivity contribution in [2.75, 3.05) is 6.54 Å². The van der Waals surface area contributed by atoms with Gasteiger partial charge in [0.2, 0.25) is 15.9 Å². The number of rotatable bonds is 4. The molecule has 6 nitrogen and oxygen atoms in total. The van der Waals surface area contributed by atoms with Crippen LogP contribution < -0.4 is 11.5 Å². The first-order chi connectivity index (χ1) is 10.2. The summed E-state index contributed by atoms with van der Waals surface area (Å²) < 4.78 is 27.8. The van der Waals surface area contributed by atoms with E-state index in [-0.39, 0.29) is 22.5 Å². The molecule has 0 bridgehead atoms. The van der Waals surface area contributed by atoms with Gasteiger partial charge in [0.25, 0.3) is 0 Å². The highest BCUT2D eigenvalue weighted by molar-refractivity contribution is 9.10. The van der Waals surface area contributed by atoms with E-state index in [2.05, 4.69) is 15.9 Å². The van der Waals surface area contributed by atoms with Gasteiger partial charge in [-0.15, -0.1) is 0 Å². The fourth-order valence-electron chi connectivity index (χ4n) is 2.74. The number of carbonyl (C=O) groups is 1. The second-order valence-electron chi connectivity index (χ2n) is 5.58. The molecule has 0 aliphatic carbocycles. The third kappa shape index (κ3) is 3.51. The largest absolute Gasteiger partial charge is 0.366 e. The zero-order valence-electron chi connectivity index (χ0n) is 12.3. The number of benzene rings is 1. The molecule has 0 saturated carbocycles. The minimum absolute atomic E-state index is 0.0585. The topological polar surface area (TPSA) is 106 Å². The van der Waals surface area contributed by atoms with Crippen LogP contribution >= 0.6 is 15.9 Å². The van der Waals surface area contributed by atoms with E-state index in [1.807, 2.05) is 6.92 Å². The van der Waals surface area contributed by atoms with E-state index in [1.165, 1.54) is 22.5 Å². The van der Waals surface area contributed by atoms with Gasteiger partial charge in [-0.05, 0) is 38.0 Å². The van der Waals surface area contributed by atoms with Crippen molar-refractivity contribution in [1.29, 1.82) is 0 Å². The van der Waals surface area contributed by atoms with Crippen LogP contribution in [0.4, 0.5) is 0 Å². The number of nitrogens with zero attached hydrogens (tertiary/aromatic N) is 1. The molecule has 1 aliphatic rings. The summed E-state index contributed by atoms with van der Waals surface area (Å²) in [4.78, 5) is 11.4. The molecule has 2 rings (SSSR count). The van der Waals surface area contributed by atoms with Gasteiger partial charge in [0, 0.05) is 28.7 Å². The Morgan fingerprint density at radius 1 is 1.36 bits per heavy atom. The van der Waals surface area contributed by atoms with Gasteiger partial charge < -0.3 is 11.5 Å². The number of piperidine rings is 1. The number of hydrogen-bond donors (Lipinski definition) is 2. The Labute approximate surface area is 139 Å². The van der Waals surface area contributed by atoms with Gasteiger partial charge in [0.15, 0.2) is 0 Å². The van der Waals surface area contributed by atoms with Crippen molar-refractivity contribution < 1.29 is 13.2 Å². The number of amides is 1. The maximum atomic E-state index is 12.9. The standard InChI is InChI=1S/C14H20BrN3O3S/c1-9(16)13-4-2-3-5-18(13)22(20,21)12-7-10(14(17)19)6-11(15)8-12/h6-9,13H,2-5,16H2,1H3,(H2,17,19). The van der Waals surface area contributed by atoms with Crippen molar-refractivity contribution in [2.24, 2.45) is 11.5 Å². The summed E-state index contributed by atoms with van der Waals surface area (Å²) >= 11 is 3.23. The molecule has 1 fully saturated rings. The zero-order valence-corrected chi connectivity index (χ0v) is 14.7. The molecule has 0 aromatic heterocycles. The van der Waals surface area contributed by atoms with Crippen molar-refractivity contribution in [3.8, 4) is 0 Å². The van der Waals surface area contributed by atoms with Crippen LogP contribution in [0, 0.1) is 0 Å². The third-order valence-electron chi connectivity index (χ3n) is 3.87. The smallest absolute Gasteiger partial charge is 0.248 e. The molecule has 4 N–H and O–H groups in total. The molecule has 1 aliphatic heterocycles. The normalized spacial score (nSPS) is 21.5. The fourth-order valence-corrected chi connectivity index (χ4v) is 5.23. The molecule has 2 unspecified atom stereocenters. The Morgan fingerprint density at radius 2 is 2.05 bits per heavy atom. The maximum Gasteiger partial charge on any atom is 0.248 e. The Balaban J connectivity index is 2.47. The molecule has 1 amide bonds. The SMILES string of the molecule is CC(N)C1CCCCN1S(=O)(=O)c1cc(Br)cc(C(N)=O)c1. The van der Waals surface area contributed by atoms with Crippen LogP contribution in [-0.4, -0.2) is 37.3 Å². The summed E-state index contributed by atoms with van der Waals surface area (Å²) in [6, 6.07) is 3.82. The van der Waals surface area contributed by atoms with Crippen LogP contribution in [-0.2, 0) is 10.0 Å². The zero-order chi connectivity index (χ0) is 16.5. The molecule has 0 radical (unpaired) electrons. The third-order valence-corrected chi connectivity index (χ3v) is 6.23. The minimum Gasteiger partial charge on any atom is -0.366 e. The number of nitrogens with two attached hydrogens (primary N) is 2. The predicted octanol–water partition coefficient (Wildman–Crippen LogP) is 1.44. The van der Waals surface area contributed by atoms with Gasteiger partial charge in [-0.25, -0.2) is 8.42 Å². The van der Waals surface area contributed by atoms with Crippen molar-refractivity contribution in [1.82, 2.24) is 4.31 Å². The first kappa shape index (κ1) is 17.4. The molecule has 1 heterocycles. The van der Waals surface area contributed by atoms with E-state index < -0.39 is 15.9 Å². The Kier molecular flexibility index (Phi) is 5.26. The second-order valence-corrected chi connectivity index (χ2v) is 8.38. The number of hydrogen-bond acceptors (Lipinski definition) is 4. The van der Waals surface area contributed by atoms with Gasteiger partial charge in [0.1, 0.15) is 0 Å². The maximum absolute atomic E-state index is 12.9. The highest BCUT2D eigenvalue weighted by Gasteiger charge is 2.35. The van der Waals surface area contributed by atoms with Crippen molar-refractivity contribution in [2.45, 2.75) is 43.2 Å². The lowest BCUT2D eigenvalue weighted by atomic mass is 10.00. The minimum atomic E-state index is -3.72. The van der Waals surface area contributed by atoms with E-state index in [4.69, 9.17) is 11.5 Å². The van der Waals surface area contributed by atoms with E-state index in [1.54, 1.807) is 0 Å². The lowest BCUT2D eigenvalue weighted by Crippen LogP contribution is -2.51. The molecule has 0 spiro atoms. The lowest BCUT2D eigenvalue weighted by molar-refractivity contribution is 0.1000. The molecule has 122 valence electrons. The van der Waals surface area contributed by atoms with Crippen LogP contribution in [0.1, 0.15) is 36.5 Å². The first-order valence-corrected chi connectivity index (χ1v) is 9.34. The Morgan fingerprint density at radius 3 is 2.64 bits per heavy atom. The summed E-state index contributed by atoms with van der Waals surface area (Å²) in [5, 5.41) is 0. The highest BCUT2D eigenvalue weighted by atomic mass is 79.9. The molecule has 1 aromatic rings. The molecular weight excluding hydrogens is 370 g/mol. The number of carbonyl (C=O) groups excluding carboxylic acids is 1. The van der Waals surface area contributed by atoms with Gasteiger partial charge in [0.05, 0.1) is 4.90 Å². The Hall–Kier alpha value is -0.960. The van der Waals surface area contributed by atoms with Crippen LogP contribution in [0.2, 0.25) is 0 Å². The average molecular weight is 390 g/mol. The first-order valence-electron chi connectivity index (χ1n) is 7.11. The van der Waals surface area contributed by atoms with Gasteiger partial charge in [-0.2, -0.15) is 4.31 Å². The van der Waals surface area contributed by atoms with Gasteiger partial charge in [-0.1, -0.05) is 22.4 Å². The number of halogens is 1. The fraction of sp³-hybridized carbons (Fsp3) is 0.500. The quantitative estimate of drug-likeness (QED) is 0.811. The van der Waals surface area contributed by atoms with E-state index in [0.717, 1.165) is 19.3 Å². The van der Waals surface area contributed by atoms with Gasteiger partial charge in [-0.3, -0.25) is 4.79 Å². The van der Waals surface area contributed by atoms with Crippen LogP contribution in [0.15, 0.2) is 27.6 Å².